The quantitative estimate of drug-likeness (QED) is 0.532. The molecule has 138 valence electrons. The lowest BCUT2D eigenvalue weighted by Gasteiger charge is -2.14. The zero-order valence-electron chi connectivity index (χ0n) is 14.6. The number of amides is 1. The lowest BCUT2D eigenvalue weighted by atomic mass is 10.1. The van der Waals surface area contributed by atoms with Crippen molar-refractivity contribution in [2.24, 2.45) is 0 Å². The molecule has 3 rings (SSSR count). The van der Waals surface area contributed by atoms with E-state index >= 15 is 0 Å². The molecule has 1 aliphatic rings. The Kier molecular flexibility index (Phi) is 5.89. The van der Waals surface area contributed by atoms with Crippen LogP contribution in [0.2, 0.25) is 5.02 Å². The summed E-state index contributed by atoms with van der Waals surface area (Å²) in [5, 5.41) is 10.5. The first-order chi connectivity index (χ1) is 12.9. The van der Waals surface area contributed by atoms with Gasteiger partial charge in [0.05, 0.1) is 17.7 Å². The zero-order chi connectivity index (χ0) is 19.6. The van der Waals surface area contributed by atoms with Crippen molar-refractivity contribution in [1.82, 2.24) is 0 Å². The smallest absolute Gasteiger partial charge is 0.270 e. The van der Waals surface area contributed by atoms with Crippen LogP contribution in [0.25, 0.3) is 6.08 Å². The van der Waals surface area contributed by atoms with Gasteiger partial charge in [0.25, 0.3) is 5.91 Å². The summed E-state index contributed by atoms with van der Waals surface area (Å²) in [5.74, 6) is 0.649. The van der Waals surface area contributed by atoms with Crippen molar-refractivity contribution in [1.29, 1.82) is 0 Å². The van der Waals surface area contributed by atoms with E-state index in [0.29, 0.717) is 31.2 Å². The molecule has 0 radical (unpaired) electrons. The number of halogens is 1. The van der Waals surface area contributed by atoms with Gasteiger partial charge in [-0.3, -0.25) is 9.69 Å². The maximum absolute atomic E-state index is 12.8. The molecule has 1 saturated heterocycles. The fraction of sp³-hybridized carbons (Fsp3) is 0.100. The van der Waals surface area contributed by atoms with Gasteiger partial charge in [-0.15, -0.1) is 0 Å². The van der Waals surface area contributed by atoms with E-state index in [0.717, 1.165) is 5.57 Å². The van der Waals surface area contributed by atoms with Crippen LogP contribution >= 0.6 is 35.6 Å². The van der Waals surface area contributed by atoms with Gasteiger partial charge in [0.15, 0.2) is 4.32 Å². The summed E-state index contributed by atoms with van der Waals surface area (Å²) in [5.41, 5.74) is 2.07. The van der Waals surface area contributed by atoms with Crippen LogP contribution in [0, 0.1) is 0 Å². The van der Waals surface area contributed by atoms with Crippen molar-refractivity contribution in [2.45, 2.75) is 6.92 Å². The SMILES string of the molecule is COc1ccc(N2C(=O)C(=CC(C)=Cc3cc(Cl)ccc3O)SC2=S)cc1. The summed E-state index contributed by atoms with van der Waals surface area (Å²) in [4.78, 5) is 14.8. The van der Waals surface area contributed by atoms with Gasteiger partial charge in [0.2, 0.25) is 0 Å². The Morgan fingerprint density at radius 3 is 2.63 bits per heavy atom. The number of thiocarbonyl (C=S) groups is 1. The number of carbonyl (C=O) groups is 1. The molecule has 1 heterocycles. The lowest BCUT2D eigenvalue weighted by Crippen LogP contribution is -2.27. The number of hydrogen-bond acceptors (Lipinski definition) is 5. The standard InChI is InChI=1S/C20H16ClNO3S2/c1-12(9-13-11-14(21)3-8-17(13)23)10-18-19(24)22(20(26)27-18)15-4-6-16(25-2)7-5-15/h3-11,23H,1-2H3. The number of methoxy groups -OCH3 is 1. The van der Waals surface area contributed by atoms with Crippen LogP contribution in [0.4, 0.5) is 5.69 Å². The largest absolute Gasteiger partial charge is 0.507 e. The number of phenolic OH excluding ortho intramolecular Hbond substituents is 1. The predicted octanol–water partition coefficient (Wildman–Crippen LogP) is 5.41. The molecule has 0 aliphatic carbocycles. The van der Waals surface area contributed by atoms with Crippen molar-refractivity contribution >= 4 is 57.6 Å². The summed E-state index contributed by atoms with van der Waals surface area (Å²) in [6, 6.07) is 12.0. The molecular formula is C20H16ClNO3S2. The van der Waals surface area contributed by atoms with Gasteiger partial charge in [0.1, 0.15) is 11.5 Å². The number of phenols is 1. The highest BCUT2D eigenvalue weighted by Gasteiger charge is 2.33. The first-order valence-corrected chi connectivity index (χ1v) is 9.58. The van der Waals surface area contributed by atoms with Gasteiger partial charge >= 0.3 is 0 Å². The van der Waals surface area contributed by atoms with Crippen molar-refractivity contribution in [3.05, 3.63) is 69.6 Å². The topological polar surface area (TPSA) is 49.8 Å². The minimum Gasteiger partial charge on any atom is -0.507 e. The Balaban J connectivity index is 1.86. The Labute approximate surface area is 172 Å². The fourth-order valence-electron chi connectivity index (χ4n) is 2.56. The fourth-order valence-corrected chi connectivity index (χ4v) is 4.09. The van der Waals surface area contributed by atoms with Crippen molar-refractivity contribution in [3.8, 4) is 11.5 Å². The minimum absolute atomic E-state index is 0.123. The zero-order valence-corrected chi connectivity index (χ0v) is 17.0. The van der Waals surface area contributed by atoms with Gasteiger partial charge < -0.3 is 9.84 Å². The molecule has 0 spiro atoms. The highest BCUT2D eigenvalue weighted by molar-refractivity contribution is 8.27. The molecule has 1 aliphatic heterocycles. The Morgan fingerprint density at radius 2 is 1.96 bits per heavy atom. The van der Waals surface area contributed by atoms with Crippen molar-refractivity contribution in [3.63, 3.8) is 0 Å². The molecule has 1 fully saturated rings. The van der Waals surface area contributed by atoms with Gasteiger partial charge in [0, 0.05) is 10.6 Å². The number of ether oxygens (including phenoxy) is 1. The van der Waals surface area contributed by atoms with E-state index in [-0.39, 0.29) is 11.7 Å². The van der Waals surface area contributed by atoms with Gasteiger partial charge in [-0.1, -0.05) is 35.6 Å². The second-order valence-electron chi connectivity index (χ2n) is 5.81. The van der Waals surface area contributed by atoms with E-state index in [4.69, 9.17) is 28.6 Å². The van der Waals surface area contributed by atoms with Crippen LogP contribution in [0.15, 0.2) is 59.0 Å². The predicted molar refractivity (Wildman–Crippen MR) is 116 cm³/mol. The Morgan fingerprint density at radius 1 is 1.26 bits per heavy atom. The van der Waals surface area contributed by atoms with E-state index in [1.54, 1.807) is 55.7 Å². The number of hydrogen-bond donors (Lipinski definition) is 1. The second kappa shape index (κ2) is 8.17. The van der Waals surface area contributed by atoms with Gasteiger partial charge in [-0.2, -0.15) is 0 Å². The van der Waals surface area contributed by atoms with E-state index in [9.17, 15) is 9.90 Å². The average Bonchev–Trinajstić information content (AvgIpc) is 2.91. The van der Waals surface area contributed by atoms with E-state index in [1.165, 1.54) is 22.7 Å². The van der Waals surface area contributed by atoms with E-state index in [1.807, 2.05) is 6.92 Å². The molecule has 0 unspecified atom stereocenters. The van der Waals surface area contributed by atoms with Crippen LogP contribution in [-0.2, 0) is 4.79 Å². The number of carbonyl (C=O) groups excluding carboxylic acids is 1. The number of aromatic hydroxyl groups is 1. The maximum atomic E-state index is 12.8. The molecule has 0 saturated carbocycles. The molecular weight excluding hydrogens is 402 g/mol. The molecule has 0 aromatic heterocycles. The normalized spacial score (nSPS) is 16.3. The number of nitrogens with zero attached hydrogens (tertiary/aromatic N) is 1. The molecule has 1 amide bonds. The third kappa shape index (κ3) is 4.35. The monoisotopic (exact) mass is 417 g/mol. The maximum Gasteiger partial charge on any atom is 0.270 e. The molecule has 1 N–H and O–H groups in total. The molecule has 2 aromatic carbocycles. The van der Waals surface area contributed by atoms with Gasteiger partial charge in [-0.05, 0) is 67.1 Å². The first-order valence-electron chi connectivity index (χ1n) is 7.98. The third-order valence-corrected chi connectivity index (χ3v) is 5.39. The van der Waals surface area contributed by atoms with Gasteiger partial charge in [-0.25, -0.2) is 0 Å². The number of allylic oxidation sites excluding steroid dienone is 2. The molecule has 27 heavy (non-hydrogen) atoms. The molecule has 4 nitrogen and oxygen atoms in total. The number of benzene rings is 2. The first kappa shape index (κ1) is 19.5. The summed E-state index contributed by atoms with van der Waals surface area (Å²) < 4.78 is 5.61. The summed E-state index contributed by atoms with van der Waals surface area (Å²) in [6.07, 6.45) is 3.52. The third-order valence-electron chi connectivity index (χ3n) is 3.86. The Hall–Kier alpha value is -2.28. The van der Waals surface area contributed by atoms with E-state index < -0.39 is 0 Å². The van der Waals surface area contributed by atoms with Crippen LogP contribution < -0.4 is 9.64 Å². The van der Waals surface area contributed by atoms with Crippen LogP contribution in [-0.4, -0.2) is 22.4 Å². The van der Waals surface area contributed by atoms with Crippen LogP contribution in [0.1, 0.15) is 12.5 Å². The van der Waals surface area contributed by atoms with E-state index in [2.05, 4.69) is 0 Å². The highest BCUT2D eigenvalue weighted by atomic mass is 35.5. The van der Waals surface area contributed by atoms with Crippen molar-refractivity contribution < 1.29 is 14.6 Å². The van der Waals surface area contributed by atoms with Crippen molar-refractivity contribution in [2.75, 3.05) is 12.0 Å². The lowest BCUT2D eigenvalue weighted by molar-refractivity contribution is -0.113. The number of rotatable bonds is 4. The number of anilines is 1. The summed E-state index contributed by atoms with van der Waals surface area (Å²) in [6.45, 7) is 1.85. The molecule has 2 aromatic rings. The summed E-state index contributed by atoms with van der Waals surface area (Å²) in [7, 11) is 1.59. The van der Waals surface area contributed by atoms with Crippen LogP contribution in [0.3, 0.4) is 0 Å². The average molecular weight is 418 g/mol. The summed E-state index contributed by atoms with van der Waals surface area (Å²) >= 11 is 12.6. The van der Waals surface area contributed by atoms with Crippen LogP contribution in [0.5, 0.6) is 11.5 Å². The molecule has 7 heteroatoms. The minimum atomic E-state index is -0.182. The molecule has 0 atom stereocenters. The Bertz CT molecular complexity index is 968. The second-order valence-corrected chi connectivity index (χ2v) is 7.92. The molecule has 0 bridgehead atoms. The number of thioether (sulfide) groups is 1. The highest BCUT2D eigenvalue weighted by Crippen LogP contribution is 2.36.